The van der Waals surface area contributed by atoms with Crippen LogP contribution in [0.25, 0.3) is 10.9 Å². The zero-order valence-electron chi connectivity index (χ0n) is 22.6. The fourth-order valence-electron chi connectivity index (χ4n) is 4.76. The second-order valence-electron chi connectivity index (χ2n) is 11.5. The van der Waals surface area contributed by atoms with Gasteiger partial charge in [0, 0.05) is 23.2 Å². The van der Waals surface area contributed by atoms with Gasteiger partial charge in [-0.2, -0.15) is 18.4 Å². The van der Waals surface area contributed by atoms with Crippen LogP contribution in [0.2, 0.25) is 5.02 Å². The van der Waals surface area contributed by atoms with Gasteiger partial charge in [0.2, 0.25) is 0 Å². The monoisotopic (exact) mass is 567 g/mol. The number of halogens is 4. The van der Waals surface area contributed by atoms with Crippen molar-refractivity contribution in [2.45, 2.75) is 58.3 Å². The van der Waals surface area contributed by atoms with Gasteiger partial charge in [0.25, 0.3) is 0 Å². The number of anilines is 2. The number of rotatable bonds is 7. The van der Waals surface area contributed by atoms with Crippen LogP contribution in [0.4, 0.5) is 24.5 Å². The van der Waals surface area contributed by atoms with Gasteiger partial charge in [-0.05, 0) is 48.4 Å². The molecule has 1 fully saturated rings. The maximum Gasteiger partial charge on any atom is 0.413 e. The van der Waals surface area contributed by atoms with E-state index in [9.17, 15) is 18.4 Å². The smallest absolute Gasteiger partial charge is 0.383 e. The van der Waals surface area contributed by atoms with Gasteiger partial charge in [0.05, 0.1) is 34.7 Å². The number of aromatic nitrogens is 4. The van der Waals surface area contributed by atoms with E-state index in [1.54, 1.807) is 12.1 Å². The number of nitriles is 1. The summed E-state index contributed by atoms with van der Waals surface area (Å²) in [5.74, 6) is 0. The van der Waals surface area contributed by atoms with E-state index in [2.05, 4.69) is 52.8 Å². The van der Waals surface area contributed by atoms with E-state index >= 15 is 0 Å². The van der Waals surface area contributed by atoms with Gasteiger partial charge in [-0.25, -0.2) is 4.68 Å². The molecular weight excluding hydrogens is 539 g/mol. The Morgan fingerprint density at radius 3 is 2.52 bits per heavy atom. The zero-order chi connectivity index (χ0) is 28.9. The van der Waals surface area contributed by atoms with Gasteiger partial charge in [-0.15, -0.1) is 5.10 Å². The van der Waals surface area contributed by atoms with Gasteiger partial charge in [-0.1, -0.05) is 61.9 Å². The molecule has 0 unspecified atom stereocenters. The Bertz CT molecular complexity index is 1610. The molecule has 1 atom stereocenters. The molecule has 4 aromatic rings. The predicted molar refractivity (Wildman–Crippen MR) is 149 cm³/mol. The van der Waals surface area contributed by atoms with Gasteiger partial charge in [-0.3, -0.25) is 4.98 Å². The molecule has 0 spiro atoms. The van der Waals surface area contributed by atoms with Crippen LogP contribution in [0.1, 0.15) is 62.0 Å². The standard InChI is InChI=1S/C29H29ClF3N7/c1-17-7-5-6-8-20(17)26(23-15-40(39-38-23)28(9-10-28)29(31,32)33)37-22-12-19(30)11-21-24(36-16-27(2,3)4)18(13-34)14-35-25(21)22/h5-8,11-12,14-15,26,37H,9-10,16H2,1-4H3,(H,35,36)/t26-/m0/s1. The highest BCUT2D eigenvalue weighted by atomic mass is 35.5. The highest BCUT2D eigenvalue weighted by Gasteiger charge is 2.66. The normalized spacial score (nSPS) is 15.5. The molecule has 2 aromatic heterocycles. The number of aryl methyl sites for hydroxylation is 1. The van der Waals surface area contributed by atoms with Crippen LogP contribution in [0.5, 0.6) is 0 Å². The number of nitrogens with zero attached hydrogens (tertiary/aromatic N) is 5. The molecule has 0 radical (unpaired) electrons. The Kier molecular flexibility index (Phi) is 6.91. The Morgan fingerprint density at radius 2 is 1.90 bits per heavy atom. The number of hydrogen-bond donors (Lipinski definition) is 2. The van der Waals surface area contributed by atoms with Gasteiger partial charge >= 0.3 is 6.18 Å². The molecule has 208 valence electrons. The summed E-state index contributed by atoms with van der Waals surface area (Å²) in [5, 5.41) is 25.8. The van der Waals surface area contributed by atoms with Crippen LogP contribution >= 0.6 is 11.6 Å². The Hall–Kier alpha value is -3.84. The minimum Gasteiger partial charge on any atom is -0.383 e. The van der Waals surface area contributed by atoms with Crippen LogP contribution in [-0.4, -0.2) is 32.7 Å². The van der Waals surface area contributed by atoms with Crippen LogP contribution in [0.15, 0.2) is 48.8 Å². The fourth-order valence-corrected chi connectivity index (χ4v) is 4.98. The first-order chi connectivity index (χ1) is 18.8. The minimum absolute atomic E-state index is 0.0316. The Morgan fingerprint density at radius 1 is 1.18 bits per heavy atom. The first-order valence-corrected chi connectivity index (χ1v) is 13.3. The SMILES string of the molecule is Cc1ccccc1[C@H](Nc1cc(Cl)cc2c(NCC(C)(C)C)c(C#N)cnc12)c1cn(C2(C(F)(F)F)CC2)nn1. The van der Waals surface area contributed by atoms with E-state index in [1.807, 2.05) is 31.2 Å². The second kappa shape index (κ2) is 9.97. The summed E-state index contributed by atoms with van der Waals surface area (Å²) < 4.78 is 42.4. The van der Waals surface area contributed by atoms with Crippen LogP contribution in [0, 0.1) is 23.7 Å². The van der Waals surface area contributed by atoms with Crippen molar-refractivity contribution in [3.8, 4) is 6.07 Å². The highest BCUT2D eigenvalue weighted by molar-refractivity contribution is 6.32. The molecule has 5 rings (SSSR count). The molecule has 2 heterocycles. The first kappa shape index (κ1) is 27.7. The van der Waals surface area contributed by atoms with Crippen molar-refractivity contribution >= 4 is 33.9 Å². The Balaban J connectivity index is 1.62. The maximum atomic E-state index is 13.8. The summed E-state index contributed by atoms with van der Waals surface area (Å²) in [6.07, 6.45) is -1.61. The molecular formula is C29H29ClF3N7. The average molecular weight is 568 g/mol. The minimum atomic E-state index is -4.43. The van der Waals surface area contributed by atoms with Crippen LogP contribution in [-0.2, 0) is 5.54 Å². The summed E-state index contributed by atoms with van der Waals surface area (Å²) in [5.41, 5.74) is 2.10. The lowest BCUT2D eigenvalue weighted by atomic mass is 9.96. The van der Waals surface area contributed by atoms with E-state index < -0.39 is 17.8 Å². The third kappa shape index (κ3) is 5.18. The van der Waals surface area contributed by atoms with E-state index in [1.165, 1.54) is 12.4 Å². The molecule has 0 bridgehead atoms. The molecule has 2 aromatic carbocycles. The van der Waals surface area contributed by atoms with Crippen molar-refractivity contribution in [2.75, 3.05) is 17.2 Å². The number of hydrogen-bond acceptors (Lipinski definition) is 6. The largest absolute Gasteiger partial charge is 0.413 e. The van der Waals surface area contributed by atoms with Crippen molar-refractivity contribution in [1.82, 2.24) is 20.0 Å². The average Bonchev–Trinajstić information content (AvgIpc) is 3.57. The second-order valence-corrected chi connectivity index (χ2v) is 11.9. The maximum absolute atomic E-state index is 13.8. The summed E-state index contributed by atoms with van der Waals surface area (Å²) in [4.78, 5) is 4.57. The molecule has 1 aliphatic rings. The summed E-state index contributed by atoms with van der Waals surface area (Å²) in [6, 6.07) is 12.6. The lowest BCUT2D eigenvalue weighted by Crippen LogP contribution is -2.35. The third-order valence-electron chi connectivity index (χ3n) is 7.15. The molecule has 40 heavy (non-hydrogen) atoms. The molecule has 0 aliphatic heterocycles. The molecule has 1 aliphatic carbocycles. The van der Waals surface area contributed by atoms with Crippen molar-refractivity contribution in [1.29, 1.82) is 5.26 Å². The quantitative estimate of drug-likeness (QED) is 0.242. The number of benzene rings is 2. The van der Waals surface area contributed by atoms with E-state index in [0.29, 0.717) is 45.1 Å². The van der Waals surface area contributed by atoms with E-state index in [-0.39, 0.29) is 18.3 Å². The van der Waals surface area contributed by atoms with E-state index in [4.69, 9.17) is 11.6 Å². The zero-order valence-corrected chi connectivity index (χ0v) is 23.3. The molecule has 0 amide bonds. The van der Waals surface area contributed by atoms with E-state index in [0.717, 1.165) is 15.8 Å². The topological polar surface area (TPSA) is 91.4 Å². The highest BCUT2D eigenvalue weighted by Crippen LogP contribution is 2.55. The van der Waals surface area contributed by atoms with Gasteiger partial charge < -0.3 is 10.6 Å². The summed E-state index contributed by atoms with van der Waals surface area (Å²) in [7, 11) is 0. The molecule has 2 N–H and O–H groups in total. The number of nitrogens with one attached hydrogen (secondary N) is 2. The van der Waals surface area contributed by atoms with Gasteiger partial charge in [0.1, 0.15) is 11.8 Å². The number of alkyl halides is 3. The van der Waals surface area contributed by atoms with Crippen molar-refractivity contribution in [2.24, 2.45) is 5.41 Å². The summed E-state index contributed by atoms with van der Waals surface area (Å²) in [6.45, 7) is 8.78. The number of fused-ring (bicyclic) bond motifs is 1. The number of pyridine rings is 1. The fraction of sp³-hybridized carbons (Fsp3) is 0.379. The van der Waals surface area contributed by atoms with Gasteiger partial charge in [0.15, 0.2) is 5.54 Å². The van der Waals surface area contributed by atoms with Crippen LogP contribution in [0.3, 0.4) is 0 Å². The van der Waals surface area contributed by atoms with Crippen molar-refractivity contribution < 1.29 is 13.2 Å². The third-order valence-corrected chi connectivity index (χ3v) is 7.37. The lowest BCUT2D eigenvalue weighted by molar-refractivity contribution is -0.182. The molecule has 7 nitrogen and oxygen atoms in total. The molecule has 11 heteroatoms. The molecule has 1 saturated carbocycles. The first-order valence-electron chi connectivity index (χ1n) is 12.9. The molecule has 0 saturated heterocycles. The lowest BCUT2D eigenvalue weighted by Gasteiger charge is -2.23. The van der Waals surface area contributed by atoms with Crippen molar-refractivity contribution in [3.63, 3.8) is 0 Å². The van der Waals surface area contributed by atoms with Crippen molar-refractivity contribution in [3.05, 3.63) is 76.2 Å². The summed E-state index contributed by atoms with van der Waals surface area (Å²) >= 11 is 6.58. The van der Waals surface area contributed by atoms with Crippen LogP contribution < -0.4 is 10.6 Å². The predicted octanol–water partition coefficient (Wildman–Crippen LogP) is 7.37. The Labute approximate surface area is 235 Å².